The van der Waals surface area contributed by atoms with Gasteiger partial charge in [0.2, 0.25) is 0 Å². The third-order valence-electron chi connectivity index (χ3n) is 3.48. The van der Waals surface area contributed by atoms with Crippen LogP contribution in [0.25, 0.3) is 0 Å². The fourth-order valence-corrected chi connectivity index (χ4v) is 2.65. The first-order valence-corrected chi connectivity index (χ1v) is 9.71. The molecular weight excluding hydrogens is 304 g/mol. The Morgan fingerprint density at radius 1 is 1.22 bits per heavy atom. The van der Waals surface area contributed by atoms with Gasteiger partial charge in [0.05, 0.1) is 6.54 Å². The summed E-state index contributed by atoms with van der Waals surface area (Å²) < 4.78 is 0. The van der Waals surface area contributed by atoms with Crippen LogP contribution in [-0.2, 0) is 0 Å². The molecule has 4 nitrogen and oxygen atoms in total. The van der Waals surface area contributed by atoms with Gasteiger partial charge in [0.25, 0.3) is 0 Å². The summed E-state index contributed by atoms with van der Waals surface area (Å²) in [5, 5.41) is 10.3. The van der Waals surface area contributed by atoms with E-state index in [0.717, 1.165) is 31.3 Å². The van der Waals surface area contributed by atoms with E-state index in [1.807, 2.05) is 11.8 Å². The third kappa shape index (κ3) is 8.28. The Balaban J connectivity index is 2.58. The van der Waals surface area contributed by atoms with Crippen LogP contribution < -0.4 is 16.0 Å². The van der Waals surface area contributed by atoms with E-state index in [9.17, 15) is 0 Å². The van der Waals surface area contributed by atoms with E-state index in [4.69, 9.17) is 4.99 Å². The third-order valence-corrected chi connectivity index (χ3v) is 4.09. The van der Waals surface area contributed by atoms with Gasteiger partial charge >= 0.3 is 0 Å². The fraction of sp³-hybridized carbons (Fsp3) is 0.611. The molecule has 5 heteroatoms. The summed E-state index contributed by atoms with van der Waals surface area (Å²) in [4.78, 5) is 4.73. The molecule has 1 unspecified atom stereocenters. The maximum Gasteiger partial charge on any atom is 0.191 e. The van der Waals surface area contributed by atoms with Gasteiger partial charge in [0.1, 0.15) is 0 Å². The summed E-state index contributed by atoms with van der Waals surface area (Å²) in [6.45, 7) is 11.2. The van der Waals surface area contributed by atoms with E-state index in [-0.39, 0.29) is 5.54 Å². The molecule has 0 aliphatic heterocycles. The number of hydrogen-bond donors (Lipinski definition) is 3. The minimum absolute atomic E-state index is 0.0723. The van der Waals surface area contributed by atoms with Gasteiger partial charge < -0.3 is 16.0 Å². The van der Waals surface area contributed by atoms with Crippen LogP contribution in [0.15, 0.2) is 35.3 Å². The molecule has 0 saturated heterocycles. The monoisotopic (exact) mass is 336 g/mol. The van der Waals surface area contributed by atoms with Gasteiger partial charge in [-0.05, 0) is 39.5 Å². The van der Waals surface area contributed by atoms with Crippen molar-refractivity contribution in [3.8, 4) is 0 Å². The van der Waals surface area contributed by atoms with Crippen LogP contribution in [0.2, 0.25) is 0 Å². The molecular formula is C18H32N4S. The Morgan fingerprint density at radius 3 is 2.52 bits per heavy atom. The van der Waals surface area contributed by atoms with Crippen molar-refractivity contribution in [2.75, 3.05) is 31.6 Å². The minimum atomic E-state index is -0.0723. The molecule has 0 bridgehead atoms. The predicted octanol–water partition coefficient (Wildman–Crippen LogP) is 3.03. The molecule has 1 atom stereocenters. The van der Waals surface area contributed by atoms with Crippen LogP contribution >= 0.6 is 11.8 Å². The van der Waals surface area contributed by atoms with Gasteiger partial charge in [0.15, 0.2) is 5.96 Å². The van der Waals surface area contributed by atoms with Gasteiger partial charge in [-0.3, -0.25) is 4.99 Å². The summed E-state index contributed by atoms with van der Waals surface area (Å²) in [5.41, 5.74) is 1.23. The second kappa shape index (κ2) is 10.6. The standard InChI is InChI=1S/C18H32N4S/c1-6-19-17(20-12-13-23-5)21-14-18(3,4)22-15(2)16-10-8-7-9-11-16/h7-11,15,22H,6,12-14H2,1-5H3,(H2,19,20,21). The van der Waals surface area contributed by atoms with Crippen molar-refractivity contribution in [1.82, 2.24) is 16.0 Å². The summed E-state index contributed by atoms with van der Waals surface area (Å²) >= 11 is 1.83. The van der Waals surface area contributed by atoms with E-state index in [0.29, 0.717) is 6.04 Å². The van der Waals surface area contributed by atoms with Crippen molar-refractivity contribution in [3.05, 3.63) is 35.9 Å². The normalized spacial score (nSPS) is 13.7. The maximum atomic E-state index is 4.73. The highest BCUT2D eigenvalue weighted by atomic mass is 32.2. The van der Waals surface area contributed by atoms with Gasteiger partial charge in [-0.1, -0.05) is 30.3 Å². The molecule has 1 aromatic rings. The van der Waals surface area contributed by atoms with Gasteiger partial charge in [-0.15, -0.1) is 0 Å². The van der Waals surface area contributed by atoms with Crippen molar-refractivity contribution in [3.63, 3.8) is 0 Å². The van der Waals surface area contributed by atoms with E-state index in [1.165, 1.54) is 5.56 Å². The lowest BCUT2D eigenvalue weighted by molar-refractivity contribution is 0.356. The maximum absolute atomic E-state index is 4.73. The predicted molar refractivity (Wildman–Crippen MR) is 104 cm³/mol. The Kier molecular flexibility index (Phi) is 9.10. The van der Waals surface area contributed by atoms with E-state index in [2.05, 4.69) is 80.2 Å². The summed E-state index contributed by atoms with van der Waals surface area (Å²) in [7, 11) is 0. The molecule has 23 heavy (non-hydrogen) atoms. The van der Waals surface area contributed by atoms with Crippen LogP contribution in [0.5, 0.6) is 0 Å². The number of benzene rings is 1. The SMILES string of the molecule is CCNC(=NCC(C)(C)NC(C)c1ccccc1)NCCSC. The molecule has 0 aromatic heterocycles. The van der Waals surface area contributed by atoms with Gasteiger partial charge in [-0.2, -0.15) is 11.8 Å². The molecule has 3 N–H and O–H groups in total. The highest BCUT2D eigenvalue weighted by Gasteiger charge is 2.20. The highest BCUT2D eigenvalue weighted by molar-refractivity contribution is 7.98. The van der Waals surface area contributed by atoms with Crippen LogP contribution in [0.4, 0.5) is 0 Å². The molecule has 0 amide bonds. The topological polar surface area (TPSA) is 48.5 Å². The molecule has 0 heterocycles. The quantitative estimate of drug-likeness (QED) is 0.368. The second-order valence-electron chi connectivity index (χ2n) is 6.28. The molecule has 1 aromatic carbocycles. The lowest BCUT2D eigenvalue weighted by Crippen LogP contribution is -2.45. The average Bonchev–Trinajstić information content (AvgIpc) is 2.53. The van der Waals surface area contributed by atoms with E-state index >= 15 is 0 Å². The molecule has 0 radical (unpaired) electrons. The molecule has 0 aliphatic rings. The summed E-state index contributed by atoms with van der Waals surface area (Å²) in [6.07, 6.45) is 2.11. The first kappa shape index (κ1) is 19.8. The molecule has 0 saturated carbocycles. The van der Waals surface area contributed by atoms with Crippen LogP contribution in [-0.4, -0.2) is 43.1 Å². The Bertz CT molecular complexity index is 459. The number of guanidine groups is 1. The van der Waals surface area contributed by atoms with Crippen molar-refractivity contribution in [2.24, 2.45) is 4.99 Å². The largest absolute Gasteiger partial charge is 0.357 e. The number of rotatable bonds is 9. The van der Waals surface area contributed by atoms with Crippen LogP contribution in [0.1, 0.15) is 39.3 Å². The molecule has 1 rings (SSSR count). The first-order chi connectivity index (χ1) is 11.0. The zero-order chi connectivity index (χ0) is 17.1. The Morgan fingerprint density at radius 2 is 1.91 bits per heavy atom. The summed E-state index contributed by atoms with van der Waals surface area (Å²) in [5.74, 6) is 1.97. The number of aliphatic imine (C=N–C) groups is 1. The Hall–Kier alpha value is -1.20. The number of thioether (sulfide) groups is 1. The highest BCUT2D eigenvalue weighted by Crippen LogP contribution is 2.16. The first-order valence-electron chi connectivity index (χ1n) is 8.32. The number of hydrogen-bond acceptors (Lipinski definition) is 3. The number of nitrogens with one attached hydrogen (secondary N) is 3. The van der Waals surface area contributed by atoms with Crippen LogP contribution in [0, 0.1) is 0 Å². The smallest absolute Gasteiger partial charge is 0.191 e. The van der Waals surface area contributed by atoms with Crippen molar-refractivity contribution in [1.29, 1.82) is 0 Å². The molecule has 0 spiro atoms. The summed E-state index contributed by atoms with van der Waals surface area (Å²) in [6, 6.07) is 10.8. The van der Waals surface area contributed by atoms with Gasteiger partial charge in [0, 0.05) is 30.4 Å². The van der Waals surface area contributed by atoms with Crippen LogP contribution in [0.3, 0.4) is 0 Å². The number of nitrogens with zero attached hydrogens (tertiary/aromatic N) is 1. The van der Waals surface area contributed by atoms with Crippen molar-refractivity contribution >= 4 is 17.7 Å². The molecule has 0 fully saturated rings. The van der Waals surface area contributed by atoms with E-state index < -0.39 is 0 Å². The second-order valence-corrected chi connectivity index (χ2v) is 7.26. The average molecular weight is 337 g/mol. The minimum Gasteiger partial charge on any atom is -0.357 e. The fourth-order valence-electron chi connectivity index (χ4n) is 2.35. The van der Waals surface area contributed by atoms with E-state index in [1.54, 1.807) is 0 Å². The zero-order valence-electron chi connectivity index (χ0n) is 15.1. The molecule has 0 aliphatic carbocycles. The van der Waals surface area contributed by atoms with Crippen molar-refractivity contribution in [2.45, 2.75) is 39.3 Å². The lowest BCUT2D eigenvalue weighted by Gasteiger charge is -2.29. The molecule has 130 valence electrons. The van der Waals surface area contributed by atoms with Gasteiger partial charge in [-0.25, -0.2) is 0 Å². The lowest BCUT2D eigenvalue weighted by atomic mass is 10.0. The Labute approximate surface area is 145 Å². The van der Waals surface area contributed by atoms with Crippen molar-refractivity contribution < 1.29 is 0 Å². The zero-order valence-corrected chi connectivity index (χ0v) is 16.0.